The summed E-state index contributed by atoms with van der Waals surface area (Å²) < 4.78 is 5.08. The number of aryl methyl sites for hydroxylation is 2. The topological polar surface area (TPSA) is 115 Å². The molecule has 1 aliphatic rings. The van der Waals surface area contributed by atoms with E-state index in [0.29, 0.717) is 11.9 Å². The van der Waals surface area contributed by atoms with Gasteiger partial charge in [0.1, 0.15) is 11.9 Å². The van der Waals surface area contributed by atoms with Gasteiger partial charge in [-0.1, -0.05) is 6.07 Å². The third kappa shape index (κ3) is 5.17. The fourth-order valence-corrected chi connectivity index (χ4v) is 3.89. The summed E-state index contributed by atoms with van der Waals surface area (Å²) in [5.74, 6) is 0.548. The number of methoxy groups -OCH3 is 1. The lowest BCUT2D eigenvalue weighted by molar-refractivity contribution is -0.137. The second kappa shape index (κ2) is 9.55. The van der Waals surface area contributed by atoms with E-state index in [-0.39, 0.29) is 6.42 Å². The second-order valence-electron chi connectivity index (χ2n) is 7.69. The molecule has 2 unspecified atom stereocenters. The molecule has 3 aromatic heterocycles. The van der Waals surface area contributed by atoms with Crippen LogP contribution in [0.4, 0.5) is 5.82 Å². The summed E-state index contributed by atoms with van der Waals surface area (Å²) in [7, 11) is 1.54. The molecule has 0 amide bonds. The molecule has 2 N–H and O–H groups in total. The summed E-state index contributed by atoms with van der Waals surface area (Å²) in [5.41, 5.74) is 2.85. The van der Waals surface area contributed by atoms with Crippen LogP contribution >= 0.6 is 0 Å². The molecule has 0 saturated carbocycles. The molecule has 0 aliphatic carbocycles. The van der Waals surface area contributed by atoms with E-state index in [2.05, 4.69) is 31.5 Å². The average molecular weight is 422 g/mol. The predicted molar refractivity (Wildman–Crippen MR) is 114 cm³/mol. The lowest BCUT2D eigenvalue weighted by Gasteiger charge is -2.25. The molecular weight excluding hydrogens is 396 g/mol. The molecule has 0 bridgehead atoms. The van der Waals surface area contributed by atoms with Crippen molar-refractivity contribution in [2.75, 3.05) is 12.4 Å². The minimum Gasteiger partial charge on any atom is -0.481 e. The van der Waals surface area contributed by atoms with E-state index in [1.807, 2.05) is 12.3 Å². The third-order valence-electron chi connectivity index (χ3n) is 5.54. The largest absolute Gasteiger partial charge is 0.481 e. The number of nitrogens with zero attached hydrogens (tertiary/aromatic N) is 5. The van der Waals surface area contributed by atoms with E-state index in [1.54, 1.807) is 24.5 Å². The van der Waals surface area contributed by atoms with Gasteiger partial charge in [-0.15, -0.1) is 0 Å². The molecule has 3 aromatic rings. The van der Waals surface area contributed by atoms with Crippen LogP contribution in [0.15, 0.2) is 42.9 Å². The van der Waals surface area contributed by atoms with Gasteiger partial charge in [0.25, 0.3) is 0 Å². The Balaban J connectivity index is 1.36. The van der Waals surface area contributed by atoms with Crippen molar-refractivity contribution in [1.82, 2.24) is 25.0 Å². The van der Waals surface area contributed by atoms with Gasteiger partial charge in [-0.2, -0.15) is 15.0 Å². The van der Waals surface area contributed by atoms with Gasteiger partial charge in [-0.05, 0) is 55.4 Å². The lowest BCUT2D eigenvalue weighted by Crippen LogP contribution is -2.26. The summed E-state index contributed by atoms with van der Waals surface area (Å²) in [4.78, 5) is 21.5. The summed E-state index contributed by atoms with van der Waals surface area (Å²) in [6.45, 7) is 0. The number of carboxylic acids is 1. The average Bonchev–Trinajstić information content (AvgIpc) is 3.26. The third-order valence-corrected chi connectivity index (χ3v) is 5.54. The minimum atomic E-state index is -0.920. The zero-order valence-corrected chi connectivity index (χ0v) is 17.4. The van der Waals surface area contributed by atoms with Crippen molar-refractivity contribution in [3.8, 4) is 5.88 Å². The molecule has 0 saturated heterocycles. The Bertz CT molecular complexity index is 1020. The van der Waals surface area contributed by atoms with Crippen molar-refractivity contribution in [3.63, 3.8) is 0 Å². The number of rotatable bonds is 9. The molecule has 4 heterocycles. The quantitative estimate of drug-likeness (QED) is 0.541. The number of hydrogen-bond acceptors (Lipinski definition) is 7. The number of hydrogen-bond donors (Lipinski definition) is 2. The van der Waals surface area contributed by atoms with E-state index in [4.69, 9.17) is 4.74 Å². The van der Waals surface area contributed by atoms with E-state index in [9.17, 15) is 9.90 Å². The summed E-state index contributed by atoms with van der Waals surface area (Å²) >= 11 is 0. The number of aliphatic carboxylic acids is 1. The Morgan fingerprint density at radius 2 is 2.23 bits per heavy atom. The molecule has 162 valence electrons. The van der Waals surface area contributed by atoms with Crippen LogP contribution in [-0.2, 0) is 17.6 Å². The fraction of sp³-hybridized carbons (Fsp3) is 0.409. The van der Waals surface area contributed by atoms with Crippen molar-refractivity contribution in [3.05, 3.63) is 59.7 Å². The first-order chi connectivity index (χ1) is 15.1. The molecule has 9 heteroatoms. The van der Waals surface area contributed by atoms with Crippen LogP contribution in [0.25, 0.3) is 0 Å². The fourth-order valence-electron chi connectivity index (χ4n) is 3.89. The number of pyridine rings is 2. The van der Waals surface area contributed by atoms with E-state index in [1.165, 1.54) is 17.5 Å². The first kappa shape index (κ1) is 20.8. The summed E-state index contributed by atoms with van der Waals surface area (Å²) in [6, 6.07) is 7.48. The highest BCUT2D eigenvalue weighted by molar-refractivity contribution is 5.68. The van der Waals surface area contributed by atoms with Crippen LogP contribution in [0.2, 0.25) is 0 Å². The molecule has 9 nitrogen and oxygen atoms in total. The van der Waals surface area contributed by atoms with E-state index < -0.39 is 12.0 Å². The predicted octanol–water partition coefficient (Wildman–Crippen LogP) is 2.89. The number of aromatic nitrogens is 5. The second-order valence-corrected chi connectivity index (χ2v) is 7.69. The maximum Gasteiger partial charge on any atom is 0.305 e. The smallest absolute Gasteiger partial charge is 0.305 e. The van der Waals surface area contributed by atoms with Gasteiger partial charge in [0.05, 0.1) is 25.4 Å². The molecule has 1 aliphatic heterocycles. The highest BCUT2D eigenvalue weighted by Gasteiger charge is 2.21. The molecule has 4 rings (SSSR count). The molecule has 0 fully saturated rings. The Labute approximate surface area is 180 Å². The number of ether oxygens (including phenoxy) is 1. The monoisotopic (exact) mass is 422 g/mol. The Morgan fingerprint density at radius 1 is 1.32 bits per heavy atom. The Kier molecular flexibility index (Phi) is 6.40. The van der Waals surface area contributed by atoms with Crippen LogP contribution in [0.3, 0.4) is 0 Å². The number of carboxylic acid groups (broad SMARTS) is 1. The normalized spacial score (nSPS) is 16.2. The highest BCUT2D eigenvalue weighted by Crippen LogP contribution is 2.25. The first-order valence-electron chi connectivity index (χ1n) is 10.4. The van der Waals surface area contributed by atoms with Crippen LogP contribution in [0, 0.1) is 0 Å². The van der Waals surface area contributed by atoms with Crippen molar-refractivity contribution in [2.45, 2.75) is 50.6 Å². The first-order valence-corrected chi connectivity index (χ1v) is 10.4. The van der Waals surface area contributed by atoms with Crippen molar-refractivity contribution in [1.29, 1.82) is 0 Å². The van der Waals surface area contributed by atoms with Gasteiger partial charge in [-0.25, -0.2) is 9.97 Å². The maximum atomic E-state index is 11.4. The van der Waals surface area contributed by atoms with Crippen LogP contribution in [0.5, 0.6) is 5.88 Å². The molecule has 0 aromatic carbocycles. The minimum absolute atomic E-state index is 0.124. The van der Waals surface area contributed by atoms with Gasteiger partial charge in [0.15, 0.2) is 0 Å². The number of nitrogens with one attached hydrogen (secondary N) is 1. The Hall–Kier alpha value is -3.49. The summed E-state index contributed by atoms with van der Waals surface area (Å²) in [6.07, 6.45) is 9.93. The summed E-state index contributed by atoms with van der Waals surface area (Å²) in [5, 5.41) is 21.8. The molecule has 2 atom stereocenters. The van der Waals surface area contributed by atoms with Gasteiger partial charge in [0, 0.05) is 24.5 Å². The molecular formula is C22H26N6O3. The van der Waals surface area contributed by atoms with Crippen molar-refractivity contribution >= 4 is 11.8 Å². The maximum absolute atomic E-state index is 11.4. The molecule has 0 radical (unpaired) electrons. The Morgan fingerprint density at radius 3 is 3.00 bits per heavy atom. The number of anilines is 1. The lowest BCUT2D eigenvalue weighted by atomic mass is 9.97. The zero-order chi connectivity index (χ0) is 21.6. The van der Waals surface area contributed by atoms with Gasteiger partial charge in [0.2, 0.25) is 5.88 Å². The van der Waals surface area contributed by atoms with E-state index >= 15 is 0 Å². The zero-order valence-electron chi connectivity index (χ0n) is 17.4. The van der Waals surface area contributed by atoms with Crippen molar-refractivity contribution in [2.24, 2.45) is 0 Å². The van der Waals surface area contributed by atoms with E-state index in [0.717, 1.165) is 49.2 Å². The van der Waals surface area contributed by atoms with Gasteiger partial charge in [-0.3, -0.25) is 4.79 Å². The number of carbonyl (C=O) groups is 1. The van der Waals surface area contributed by atoms with Crippen molar-refractivity contribution < 1.29 is 14.6 Å². The van der Waals surface area contributed by atoms with Crippen LogP contribution < -0.4 is 10.1 Å². The van der Waals surface area contributed by atoms with Gasteiger partial charge >= 0.3 is 5.97 Å². The molecule has 0 spiro atoms. The van der Waals surface area contributed by atoms with Crippen LogP contribution in [-0.4, -0.2) is 49.2 Å². The standard InChI is InChI=1S/C22H26N6O3/c1-31-20-10-8-16(13-24-20)19(12-21(29)30)28-25-14-18(27-28)6-2-5-17-9-7-15-4-3-11-23-22(15)26-17/h3-4,8,10-11,13-14,17,19H,2,5-7,9,12H2,1H3,(H,23,26)(H,29,30). The van der Waals surface area contributed by atoms with Crippen LogP contribution in [0.1, 0.15) is 48.5 Å². The molecule has 31 heavy (non-hydrogen) atoms. The van der Waals surface area contributed by atoms with Gasteiger partial charge < -0.3 is 15.2 Å². The SMILES string of the molecule is COc1ccc(C(CC(=O)O)n2ncc(CCCC3CCc4cccnc4N3)n2)cn1. The number of fused-ring (bicyclic) bond motifs is 1. The highest BCUT2D eigenvalue weighted by atomic mass is 16.5.